The van der Waals surface area contributed by atoms with Gasteiger partial charge in [0.2, 0.25) is 17.7 Å². The van der Waals surface area contributed by atoms with Crippen LogP contribution in [0, 0.1) is 0 Å². The minimum absolute atomic E-state index is 0.0420. The van der Waals surface area contributed by atoms with E-state index in [4.69, 9.17) is 4.74 Å². The molecule has 3 heterocycles. The number of pyridine rings is 1. The quantitative estimate of drug-likeness (QED) is 0.234. The third-order valence-electron chi connectivity index (χ3n) is 9.05. The normalized spacial score (nSPS) is 20.2. The summed E-state index contributed by atoms with van der Waals surface area (Å²) in [5, 5.41) is 6.65. The number of nitrogens with one attached hydrogen (secondary N) is 2. The Morgan fingerprint density at radius 1 is 0.941 bits per heavy atom. The van der Waals surface area contributed by atoms with Crippen LogP contribution in [-0.2, 0) is 29.8 Å². The van der Waals surface area contributed by atoms with Crippen LogP contribution in [0.25, 0.3) is 11.0 Å². The van der Waals surface area contributed by atoms with E-state index in [0.29, 0.717) is 11.1 Å². The van der Waals surface area contributed by atoms with Gasteiger partial charge in [-0.15, -0.1) is 0 Å². The average Bonchev–Trinajstić information content (AvgIpc) is 3.68. The number of ether oxygens (including phenoxy) is 1. The van der Waals surface area contributed by atoms with Gasteiger partial charge >= 0.3 is 6.09 Å². The van der Waals surface area contributed by atoms with E-state index < -0.39 is 76.5 Å². The van der Waals surface area contributed by atoms with E-state index in [-0.39, 0.29) is 41.2 Å². The molecule has 12 nitrogen and oxygen atoms in total. The number of alkyl halides is 3. The average molecular weight is 727 g/mol. The Balaban J connectivity index is 1.23. The zero-order valence-electron chi connectivity index (χ0n) is 28.1. The number of carbonyl (C=O) groups is 3. The van der Waals surface area contributed by atoms with Gasteiger partial charge in [-0.05, 0) is 75.6 Å². The number of sulfonamides is 1. The van der Waals surface area contributed by atoms with E-state index >= 15 is 4.39 Å². The lowest BCUT2D eigenvalue weighted by atomic mass is 9.67. The molecule has 16 heteroatoms. The molecule has 270 valence electrons. The molecule has 0 unspecified atom stereocenters. The van der Waals surface area contributed by atoms with Crippen molar-refractivity contribution in [2.24, 2.45) is 0 Å². The molecular formula is C35H37F3N6O6S. The minimum Gasteiger partial charge on any atom is -0.442 e. The second-order valence-electron chi connectivity index (χ2n) is 13.9. The number of amides is 2. The molecule has 1 aliphatic heterocycles. The predicted octanol–water partition coefficient (Wildman–Crippen LogP) is 6.04. The van der Waals surface area contributed by atoms with Gasteiger partial charge in [-0.2, -0.15) is 9.78 Å². The highest BCUT2D eigenvalue weighted by Crippen LogP contribution is 2.47. The van der Waals surface area contributed by atoms with Crippen molar-refractivity contribution in [3.05, 3.63) is 78.5 Å². The number of anilines is 2. The van der Waals surface area contributed by atoms with Crippen molar-refractivity contribution in [2.45, 2.75) is 86.9 Å². The van der Waals surface area contributed by atoms with Gasteiger partial charge in [0.1, 0.15) is 29.1 Å². The van der Waals surface area contributed by atoms with Crippen LogP contribution < -0.4 is 10.0 Å². The van der Waals surface area contributed by atoms with Crippen molar-refractivity contribution in [1.29, 1.82) is 0 Å². The summed E-state index contributed by atoms with van der Waals surface area (Å²) in [7, 11) is -3.92. The smallest absolute Gasteiger partial charge is 0.435 e. The Hall–Kier alpha value is -4.99. The zero-order chi connectivity index (χ0) is 36.8. The summed E-state index contributed by atoms with van der Waals surface area (Å²) in [4.78, 5) is 46.1. The Labute approximate surface area is 292 Å². The molecule has 0 radical (unpaired) electrons. The first-order valence-corrected chi connectivity index (χ1v) is 17.9. The number of fused-ring (bicyclic) bond motifs is 1. The number of benzene rings is 2. The predicted molar refractivity (Wildman–Crippen MR) is 182 cm³/mol. The van der Waals surface area contributed by atoms with Crippen LogP contribution in [0.5, 0.6) is 0 Å². The van der Waals surface area contributed by atoms with Gasteiger partial charge in [-0.1, -0.05) is 30.3 Å². The molecule has 2 aliphatic rings. The summed E-state index contributed by atoms with van der Waals surface area (Å²) in [6.45, 7) is 4.72. The summed E-state index contributed by atoms with van der Waals surface area (Å²) >= 11 is 0. The van der Waals surface area contributed by atoms with Gasteiger partial charge < -0.3 is 15.0 Å². The van der Waals surface area contributed by atoms with E-state index in [1.165, 1.54) is 54.7 Å². The maximum atomic E-state index is 15.0. The maximum Gasteiger partial charge on any atom is 0.435 e. The van der Waals surface area contributed by atoms with Gasteiger partial charge in [0.15, 0.2) is 0 Å². The van der Waals surface area contributed by atoms with Gasteiger partial charge in [0.25, 0.3) is 10.0 Å². The lowest BCUT2D eigenvalue weighted by Crippen LogP contribution is -2.54. The van der Waals surface area contributed by atoms with Crippen molar-refractivity contribution in [3.63, 3.8) is 0 Å². The topological polar surface area (TPSA) is 153 Å². The Morgan fingerprint density at radius 3 is 2.25 bits per heavy atom. The van der Waals surface area contributed by atoms with E-state index in [2.05, 4.69) is 20.1 Å². The molecular weight excluding hydrogens is 689 g/mol. The lowest BCUT2D eigenvalue weighted by molar-refractivity contribution is -0.146. The summed E-state index contributed by atoms with van der Waals surface area (Å²) in [5.74, 6) is -4.34. The largest absolute Gasteiger partial charge is 0.442 e. The summed E-state index contributed by atoms with van der Waals surface area (Å²) in [6.07, 6.45) is -3.02. The van der Waals surface area contributed by atoms with Gasteiger partial charge in [0.05, 0.1) is 28.6 Å². The fourth-order valence-corrected chi connectivity index (χ4v) is 7.60. The maximum absolute atomic E-state index is 15.0. The van der Waals surface area contributed by atoms with E-state index in [0.717, 1.165) is 9.58 Å². The molecule has 51 heavy (non-hydrogen) atoms. The first-order chi connectivity index (χ1) is 24.0. The highest BCUT2D eigenvalue weighted by atomic mass is 32.2. The highest BCUT2D eigenvalue weighted by Gasteiger charge is 2.53. The molecule has 2 N–H and O–H groups in total. The fraction of sp³-hybridized carbons (Fsp3) is 0.400. The molecule has 0 bridgehead atoms. The van der Waals surface area contributed by atoms with Crippen LogP contribution in [-0.4, -0.2) is 76.3 Å². The van der Waals surface area contributed by atoms with Crippen molar-refractivity contribution < 1.29 is 40.7 Å². The number of hydrogen-bond donors (Lipinski definition) is 2. The number of halogens is 3. The van der Waals surface area contributed by atoms with Crippen LogP contribution in [0.4, 0.5) is 29.5 Å². The minimum atomic E-state index is -3.92. The molecule has 1 saturated heterocycles. The number of aromatic nitrogens is 3. The lowest BCUT2D eigenvalue weighted by Gasteiger charge is -2.42. The summed E-state index contributed by atoms with van der Waals surface area (Å²) in [5.41, 5.74) is -1.17. The number of hydrogen-bond acceptors (Lipinski definition) is 8. The van der Waals surface area contributed by atoms with Gasteiger partial charge in [-0.25, -0.2) is 31.4 Å². The summed E-state index contributed by atoms with van der Waals surface area (Å²) < 4.78 is 78.6. The number of carbonyl (C=O) groups excluding carboxylic acids is 3. The number of likely N-dealkylation sites (tertiary alicyclic amines) is 1. The molecule has 2 atom stereocenters. The third-order valence-corrected chi connectivity index (χ3v) is 10.4. The molecule has 0 spiro atoms. The second kappa shape index (κ2) is 13.3. The number of rotatable bonds is 7. The van der Waals surface area contributed by atoms with Gasteiger partial charge in [0, 0.05) is 24.9 Å². The number of nitrogens with zero attached hydrogens (tertiary/aromatic N) is 4. The monoisotopic (exact) mass is 726 g/mol. The molecule has 6 rings (SSSR count). The first kappa shape index (κ1) is 35.8. The zero-order valence-corrected chi connectivity index (χ0v) is 28.9. The molecule has 2 aromatic carbocycles. The van der Waals surface area contributed by atoms with E-state index in [9.17, 15) is 31.6 Å². The summed E-state index contributed by atoms with van der Waals surface area (Å²) in [6, 6.07) is 15.2. The van der Waals surface area contributed by atoms with Crippen molar-refractivity contribution >= 4 is 50.5 Å². The molecule has 2 amide bonds. The third kappa shape index (κ3) is 7.55. The highest BCUT2D eigenvalue weighted by molar-refractivity contribution is 7.92. The second-order valence-corrected chi connectivity index (χ2v) is 15.5. The molecule has 4 aromatic rings. The van der Waals surface area contributed by atoms with Crippen molar-refractivity contribution in [1.82, 2.24) is 19.7 Å². The molecule has 2 fully saturated rings. The van der Waals surface area contributed by atoms with Gasteiger partial charge in [-0.3, -0.25) is 14.3 Å². The Morgan fingerprint density at radius 2 is 1.61 bits per heavy atom. The van der Waals surface area contributed by atoms with Crippen LogP contribution in [0.3, 0.4) is 0 Å². The van der Waals surface area contributed by atoms with Crippen LogP contribution in [0.15, 0.2) is 77.8 Å². The van der Waals surface area contributed by atoms with Crippen LogP contribution in [0.1, 0.15) is 58.4 Å². The van der Waals surface area contributed by atoms with Crippen LogP contribution >= 0.6 is 0 Å². The van der Waals surface area contributed by atoms with Crippen molar-refractivity contribution in [2.75, 3.05) is 16.6 Å². The fourth-order valence-electron chi connectivity index (χ4n) is 6.52. The van der Waals surface area contributed by atoms with Crippen molar-refractivity contribution in [3.8, 4) is 0 Å². The van der Waals surface area contributed by atoms with Crippen LogP contribution in [0.2, 0.25) is 0 Å². The SMILES string of the molecule is CC(C)(C)OC(=O)n1ncc2nc(NC(=O)[C@H]3C[C@@H](F)CN3C(=O)C3(c4ccc(NS(=O)(=O)c5ccccc5)cc4)CCC(F)(F)CC3)ccc21. The molecule has 2 aromatic heterocycles. The molecule has 1 aliphatic carbocycles. The first-order valence-electron chi connectivity index (χ1n) is 16.4. The Bertz CT molecular complexity index is 2060. The standard InChI is InChI=1S/C35H37F3N6O6S/c1-33(2,3)50-32(47)44-27-13-14-29(40-26(27)20-39-44)41-30(45)28-19-23(36)21-43(28)31(46)34(15-17-35(37,38)18-16-34)22-9-11-24(12-10-22)42-51(48,49)25-7-5-4-6-8-25/h4-14,20,23,28,42H,15-19,21H2,1-3H3,(H,40,41,45)/t23-,28-/m1/s1. The van der Waals surface area contributed by atoms with E-state index in [1.807, 2.05) is 0 Å². The Kier molecular flexibility index (Phi) is 9.33. The van der Waals surface area contributed by atoms with E-state index in [1.54, 1.807) is 39.0 Å². The molecule has 1 saturated carbocycles.